The van der Waals surface area contributed by atoms with Crippen molar-refractivity contribution in [2.75, 3.05) is 13.6 Å². The number of hydrogen-bond donors (Lipinski definition) is 3. The van der Waals surface area contributed by atoms with Gasteiger partial charge in [0.05, 0.1) is 6.54 Å². The van der Waals surface area contributed by atoms with Crippen LogP contribution < -0.4 is 20.7 Å². The zero-order valence-corrected chi connectivity index (χ0v) is 17.4. The molecule has 2 aromatic carbocycles. The van der Waals surface area contributed by atoms with E-state index in [-0.39, 0.29) is 23.8 Å². The van der Waals surface area contributed by atoms with E-state index >= 15 is 0 Å². The average Bonchev–Trinajstić information content (AvgIpc) is 2.66. The summed E-state index contributed by atoms with van der Waals surface area (Å²) in [5.41, 5.74) is 1.54. The molecule has 0 fully saturated rings. The summed E-state index contributed by atoms with van der Waals surface area (Å²) in [4.78, 5) is 16.0. The fourth-order valence-electron chi connectivity index (χ4n) is 2.53. The molecule has 0 aliphatic carbocycles. The molecular formula is C22H29FN4O2. The molecule has 1 amide bonds. The summed E-state index contributed by atoms with van der Waals surface area (Å²) in [6.07, 6.45) is 0. The predicted molar refractivity (Wildman–Crippen MR) is 113 cm³/mol. The monoisotopic (exact) mass is 400 g/mol. The molecule has 0 unspecified atom stereocenters. The number of halogens is 1. The van der Waals surface area contributed by atoms with Crippen LogP contribution in [0.5, 0.6) is 5.75 Å². The largest absolute Gasteiger partial charge is 0.489 e. The first kappa shape index (κ1) is 22.2. The van der Waals surface area contributed by atoms with Gasteiger partial charge in [0.1, 0.15) is 18.2 Å². The fraction of sp³-hybridized carbons (Fsp3) is 0.364. The lowest BCUT2D eigenvalue weighted by Crippen LogP contribution is -2.48. The number of carbonyl (C=O) groups excluding carboxylic acids is 1. The Hall–Kier alpha value is -3.09. The third kappa shape index (κ3) is 8.64. The first-order valence-electron chi connectivity index (χ1n) is 9.47. The normalized spacial score (nSPS) is 11.7. The summed E-state index contributed by atoms with van der Waals surface area (Å²) in [6.45, 7) is 6.80. The summed E-state index contributed by atoms with van der Waals surface area (Å²) in [6, 6.07) is 14.0. The molecule has 3 N–H and O–H groups in total. The molecule has 0 saturated heterocycles. The van der Waals surface area contributed by atoms with Crippen LogP contribution in [-0.4, -0.2) is 31.0 Å². The van der Waals surface area contributed by atoms with Gasteiger partial charge in [0, 0.05) is 19.1 Å². The minimum Gasteiger partial charge on any atom is -0.489 e. The topological polar surface area (TPSA) is 74.8 Å². The van der Waals surface area contributed by atoms with E-state index in [1.165, 1.54) is 12.1 Å². The summed E-state index contributed by atoms with van der Waals surface area (Å²) >= 11 is 0. The van der Waals surface area contributed by atoms with E-state index in [2.05, 4.69) is 20.9 Å². The van der Waals surface area contributed by atoms with Crippen LogP contribution in [0.2, 0.25) is 0 Å². The van der Waals surface area contributed by atoms with Gasteiger partial charge >= 0.3 is 0 Å². The third-order valence-electron chi connectivity index (χ3n) is 3.83. The second-order valence-corrected chi connectivity index (χ2v) is 7.64. The fourth-order valence-corrected chi connectivity index (χ4v) is 2.53. The number of benzene rings is 2. The highest BCUT2D eigenvalue weighted by molar-refractivity contribution is 5.86. The van der Waals surface area contributed by atoms with Gasteiger partial charge in [0.2, 0.25) is 5.91 Å². The Morgan fingerprint density at radius 3 is 2.41 bits per heavy atom. The highest BCUT2D eigenvalue weighted by atomic mass is 19.1. The lowest BCUT2D eigenvalue weighted by Gasteiger charge is -2.21. The van der Waals surface area contributed by atoms with Crippen molar-refractivity contribution in [1.29, 1.82) is 0 Å². The van der Waals surface area contributed by atoms with Gasteiger partial charge < -0.3 is 20.7 Å². The van der Waals surface area contributed by atoms with Crippen LogP contribution in [0.15, 0.2) is 53.5 Å². The molecular weight excluding hydrogens is 371 g/mol. The maximum atomic E-state index is 13.2. The standard InChI is InChI=1S/C22H29FN4O2/c1-22(2,3)27-20(28)14-26-21(24-4)25-13-16-8-10-19(11-9-16)29-15-17-6-5-7-18(23)12-17/h5-12H,13-15H2,1-4H3,(H,27,28)(H2,24,25,26). The minimum absolute atomic E-state index is 0.0970. The summed E-state index contributed by atoms with van der Waals surface area (Å²) in [5, 5.41) is 9.04. The van der Waals surface area contributed by atoms with Crippen molar-refractivity contribution in [3.63, 3.8) is 0 Å². The van der Waals surface area contributed by atoms with Gasteiger partial charge in [-0.2, -0.15) is 0 Å². The number of ether oxygens (including phenoxy) is 1. The van der Waals surface area contributed by atoms with Gasteiger partial charge in [-0.3, -0.25) is 9.79 Å². The van der Waals surface area contributed by atoms with Crippen LogP contribution in [0.4, 0.5) is 4.39 Å². The van der Waals surface area contributed by atoms with E-state index in [0.29, 0.717) is 24.9 Å². The number of guanidine groups is 1. The van der Waals surface area contributed by atoms with Gasteiger partial charge in [-0.15, -0.1) is 0 Å². The van der Waals surface area contributed by atoms with Crippen molar-refractivity contribution in [3.05, 3.63) is 65.5 Å². The molecule has 2 rings (SSSR count). The highest BCUT2D eigenvalue weighted by Crippen LogP contribution is 2.14. The van der Waals surface area contributed by atoms with E-state index in [0.717, 1.165) is 11.1 Å². The molecule has 6 nitrogen and oxygen atoms in total. The minimum atomic E-state index is -0.273. The second-order valence-electron chi connectivity index (χ2n) is 7.64. The van der Waals surface area contributed by atoms with E-state index in [9.17, 15) is 9.18 Å². The van der Waals surface area contributed by atoms with Crippen LogP contribution in [0.3, 0.4) is 0 Å². The molecule has 0 saturated carbocycles. The van der Waals surface area contributed by atoms with E-state index in [1.54, 1.807) is 13.1 Å². The van der Waals surface area contributed by atoms with Gasteiger partial charge in [-0.25, -0.2) is 4.39 Å². The Kier molecular flexibility index (Phi) is 8.00. The van der Waals surface area contributed by atoms with Crippen molar-refractivity contribution < 1.29 is 13.9 Å². The second kappa shape index (κ2) is 10.5. The number of rotatable bonds is 7. The zero-order chi connectivity index (χ0) is 21.3. The molecule has 0 radical (unpaired) electrons. The van der Waals surface area contributed by atoms with Crippen molar-refractivity contribution in [1.82, 2.24) is 16.0 Å². The lowest BCUT2D eigenvalue weighted by molar-refractivity contribution is -0.121. The van der Waals surface area contributed by atoms with Crippen LogP contribution in [-0.2, 0) is 17.9 Å². The van der Waals surface area contributed by atoms with Crippen LogP contribution in [0, 0.1) is 5.82 Å². The maximum absolute atomic E-state index is 13.2. The van der Waals surface area contributed by atoms with Crippen molar-refractivity contribution in [3.8, 4) is 5.75 Å². The van der Waals surface area contributed by atoms with Gasteiger partial charge in [0.25, 0.3) is 0 Å². The van der Waals surface area contributed by atoms with Gasteiger partial charge in [-0.05, 0) is 56.2 Å². The molecule has 0 bridgehead atoms. The van der Waals surface area contributed by atoms with E-state index in [4.69, 9.17) is 4.74 Å². The first-order valence-corrected chi connectivity index (χ1v) is 9.47. The summed E-state index contributed by atoms with van der Waals surface area (Å²) in [5.74, 6) is 0.880. The maximum Gasteiger partial charge on any atom is 0.239 e. The Morgan fingerprint density at radius 1 is 1.07 bits per heavy atom. The average molecular weight is 400 g/mol. The number of carbonyl (C=O) groups is 1. The molecule has 156 valence electrons. The molecule has 2 aromatic rings. The molecule has 0 aromatic heterocycles. The Labute approximate surface area is 171 Å². The zero-order valence-electron chi connectivity index (χ0n) is 17.4. The molecule has 0 aliphatic rings. The molecule has 0 heterocycles. The lowest BCUT2D eigenvalue weighted by atomic mass is 10.1. The summed E-state index contributed by atoms with van der Waals surface area (Å²) < 4.78 is 18.9. The quantitative estimate of drug-likeness (QED) is 0.493. The van der Waals surface area contributed by atoms with Crippen molar-refractivity contribution in [2.45, 2.75) is 39.5 Å². The van der Waals surface area contributed by atoms with E-state index < -0.39 is 0 Å². The highest BCUT2D eigenvalue weighted by Gasteiger charge is 2.13. The Morgan fingerprint density at radius 2 is 1.79 bits per heavy atom. The Bertz CT molecular complexity index is 829. The summed E-state index contributed by atoms with van der Waals surface area (Å²) in [7, 11) is 1.65. The third-order valence-corrected chi connectivity index (χ3v) is 3.83. The van der Waals surface area contributed by atoms with Crippen LogP contribution in [0.25, 0.3) is 0 Å². The Balaban J connectivity index is 1.77. The number of nitrogens with zero attached hydrogens (tertiary/aromatic N) is 1. The number of hydrogen-bond acceptors (Lipinski definition) is 3. The van der Waals surface area contributed by atoms with E-state index in [1.807, 2.05) is 51.1 Å². The van der Waals surface area contributed by atoms with Crippen LogP contribution in [0.1, 0.15) is 31.9 Å². The SMILES string of the molecule is CN=C(NCC(=O)NC(C)(C)C)NCc1ccc(OCc2cccc(F)c2)cc1. The number of aliphatic imine (C=N–C) groups is 1. The number of nitrogens with one attached hydrogen (secondary N) is 3. The molecule has 0 spiro atoms. The molecule has 0 atom stereocenters. The van der Waals surface area contributed by atoms with Crippen molar-refractivity contribution >= 4 is 11.9 Å². The first-order chi connectivity index (χ1) is 13.7. The smallest absolute Gasteiger partial charge is 0.239 e. The molecule has 29 heavy (non-hydrogen) atoms. The molecule has 7 heteroatoms. The van der Waals surface area contributed by atoms with Gasteiger partial charge in [0.15, 0.2) is 5.96 Å². The predicted octanol–water partition coefficient (Wildman–Crippen LogP) is 2.98. The van der Waals surface area contributed by atoms with Gasteiger partial charge in [-0.1, -0.05) is 24.3 Å². The molecule has 0 aliphatic heterocycles. The van der Waals surface area contributed by atoms with Crippen molar-refractivity contribution in [2.24, 2.45) is 4.99 Å². The van der Waals surface area contributed by atoms with Crippen LogP contribution >= 0.6 is 0 Å². The number of amides is 1.